The molecule has 2 aromatic carbocycles. The van der Waals surface area contributed by atoms with Crippen molar-refractivity contribution in [3.05, 3.63) is 65.7 Å². The molecule has 2 aromatic rings. The number of phenols is 1. The van der Waals surface area contributed by atoms with Crippen LogP contribution in [-0.4, -0.2) is 24.2 Å². The van der Waals surface area contributed by atoms with E-state index in [1.807, 2.05) is 30.3 Å². The molecule has 2 rings (SSSR count). The van der Waals surface area contributed by atoms with Gasteiger partial charge in [0.05, 0.1) is 0 Å². The maximum Gasteiger partial charge on any atom is 0.323 e. The van der Waals surface area contributed by atoms with Crippen molar-refractivity contribution in [1.82, 2.24) is 5.32 Å². The number of nitrogens with one attached hydrogen (secondary N) is 1. The summed E-state index contributed by atoms with van der Waals surface area (Å²) in [5.41, 5.74) is 1.93. The molecule has 0 aromatic heterocycles. The molecule has 0 spiro atoms. The summed E-state index contributed by atoms with van der Waals surface area (Å²) in [7, 11) is 1.73. The van der Waals surface area contributed by atoms with Gasteiger partial charge in [-0.3, -0.25) is 4.79 Å². The second-order valence-corrected chi connectivity index (χ2v) is 4.81. The van der Waals surface area contributed by atoms with Crippen molar-refractivity contribution in [3.8, 4) is 5.75 Å². The summed E-state index contributed by atoms with van der Waals surface area (Å²) in [6.07, 6.45) is 0.518. The number of phenolic OH excluding ortho intramolecular Hbond substituents is 1. The second kappa shape index (κ2) is 7.45. The predicted molar refractivity (Wildman–Crippen MR) is 80.9 cm³/mol. The molecule has 21 heavy (non-hydrogen) atoms. The van der Waals surface area contributed by atoms with Crippen molar-refractivity contribution in [3.63, 3.8) is 0 Å². The van der Waals surface area contributed by atoms with E-state index < -0.39 is 6.04 Å². The molecule has 0 aliphatic heterocycles. The van der Waals surface area contributed by atoms with Crippen LogP contribution >= 0.6 is 0 Å². The van der Waals surface area contributed by atoms with Crippen LogP contribution in [0.5, 0.6) is 5.75 Å². The number of carbonyl (C=O) groups excluding carboxylic acids is 1. The molecule has 0 saturated carbocycles. The van der Waals surface area contributed by atoms with Crippen molar-refractivity contribution in [2.45, 2.75) is 19.1 Å². The van der Waals surface area contributed by atoms with Gasteiger partial charge in [-0.25, -0.2) is 0 Å². The topological polar surface area (TPSA) is 58.6 Å². The zero-order valence-corrected chi connectivity index (χ0v) is 12.0. The summed E-state index contributed by atoms with van der Waals surface area (Å²) in [5.74, 6) is -0.0687. The van der Waals surface area contributed by atoms with Gasteiger partial charge in [0.25, 0.3) is 0 Å². The van der Waals surface area contributed by atoms with E-state index in [4.69, 9.17) is 4.74 Å². The van der Waals surface area contributed by atoms with Gasteiger partial charge in [-0.2, -0.15) is 0 Å². The van der Waals surface area contributed by atoms with E-state index in [1.54, 1.807) is 31.3 Å². The van der Waals surface area contributed by atoms with Crippen molar-refractivity contribution >= 4 is 5.97 Å². The van der Waals surface area contributed by atoms with Gasteiger partial charge in [0.15, 0.2) is 0 Å². The maximum absolute atomic E-state index is 12.1. The van der Waals surface area contributed by atoms with E-state index in [-0.39, 0.29) is 18.3 Å². The minimum absolute atomic E-state index is 0.214. The molecule has 0 saturated heterocycles. The highest BCUT2D eigenvalue weighted by Gasteiger charge is 2.18. The SMILES string of the molecule is CNC(Cc1ccc(O)cc1)C(=O)OCc1ccccc1. The molecule has 0 aliphatic rings. The molecule has 0 radical (unpaired) electrons. The molecule has 0 fully saturated rings. The van der Waals surface area contributed by atoms with Gasteiger partial charge in [0.1, 0.15) is 18.4 Å². The second-order valence-electron chi connectivity index (χ2n) is 4.81. The minimum atomic E-state index is -0.404. The van der Waals surface area contributed by atoms with E-state index in [1.165, 1.54) is 0 Å². The Kier molecular flexibility index (Phi) is 5.35. The number of benzene rings is 2. The lowest BCUT2D eigenvalue weighted by atomic mass is 10.1. The quantitative estimate of drug-likeness (QED) is 0.799. The molecule has 1 atom stereocenters. The first-order chi connectivity index (χ1) is 10.2. The number of hydrogen-bond donors (Lipinski definition) is 2. The largest absolute Gasteiger partial charge is 0.508 e. The first kappa shape index (κ1) is 15.1. The van der Waals surface area contributed by atoms with E-state index in [9.17, 15) is 9.90 Å². The minimum Gasteiger partial charge on any atom is -0.508 e. The molecular weight excluding hydrogens is 266 g/mol. The van der Waals surface area contributed by atoms with E-state index in [0.29, 0.717) is 6.42 Å². The Hall–Kier alpha value is -2.33. The van der Waals surface area contributed by atoms with Crippen LogP contribution in [0.2, 0.25) is 0 Å². The summed E-state index contributed by atoms with van der Waals surface area (Å²) in [6, 6.07) is 16.0. The predicted octanol–water partition coefficient (Wildman–Crippen LogP) is 2.27. The smallest absolute Gasteiger partial charge is 0.323 e. The number of hydrogen-bond acceptors (Lipinski definition) is 4. The average molecular weight is 285 g/mol. The first-order valence-electron chi connectivity index (χ1n) is 6.85. The number of likely N-dealkylation sites (N-methyl/N-ethyl adjacent to an activating group) is 1. The summed E-state index contributed by atoms with van der Waals surface area (Å²) in [4.78, 5) is 12.1. The van der Waals surface area contributed by atoms with Gasteiger partial charge in [0, 0.05) is 0 Å². The van der Waals surface area contributed by atoms with Gasteiger partial charge in [0.2, 0.25) is 0 Å². The average Bonchev–Trinajstić information content (AvgIpc) is 2.53. The first-order valence-corrected chi connectivity index (χ1v) is 6.85. The monoisotopic (exact) mass is 285 g/mol. The Labute approximate surface area is 124 Å². The fraction of sp³-hybridized carbons (Fsp3) is 0.235. The van der Waals surface area contributed by atoms with E-state index in [2.05, 4.69) is 5.32 Å². The number of esters is 1. The van der Waals surface area contributed by atoms with Crippen LogP contribution in [0.25, 0.3) is 0 Å². The Morgan fingerprint density at radius 2 is 1.76 bits per heavy atom. The Balaban J connectivity index is 1.90. The molecule has 0 heterocycles. The van der Waals surface area contributed by atoms with Crippen molar-refractivity contribution in [2.24, 2.45) is 0 Å². The fourth-order valence-corrected chi connectivity index (χ4v) is 2.00. The Morgan fingerprint density at radius 3 is 2.38 bits per heavy atom. The lowest BCUT2D eigenvalue weighted by molar-refractivity contribution is -0.147. The molecule has 110 valence electrons. The third-order valence-corrected chi connectivity index (χ3v) is 3.23. The third kappa shape index (κ3) is 4.61. The number of ether oxygens (including phenoxy) is 1. The lowest BCUT2D eigenvalue weighted by Gasteiger charge is -2.15. The highest BCUT2D eigenvalue weighted by molar-refractivity contribution is 5.76. The molecule has 0 amide bonds. The highest BCUT2D eigenvalue weighted by Crippen LogP contribution is 2.12. The van der Waals surface area contributed by atoms with Gasteiger partial charge in [-0.1, -0.05) is 42.5 Å². The van der Waals surface area contributed by atoms with Gasteiger partial charge < -0.3 is 15.2 Å². The normalized spacial score (nSPS) is 11.9. The highest BCUT2D eigenvalue weighted by atomic mass is 16.5. The molecule has 4 nitrogen and oxygen atoms in total. The van der Waals surface area contributed by atoms with Crippen molar-refractivity contribution in [2.75, 3.05) is 7.05 Å². The molecular formula is C17H19NO3. The Bertz CT molecular complexity index is 566. The summed E-state index contributed by atoms with van der Waals surface area (Å²) < 4.78 is 5.33. The molecule has 1 unspecified atom stereocenters. The van der Waals surface area contributed by atoms with Crippen molar-refractivity contribution in [1.29, 1.82) is 0 Å². The van der Waals surface area contributed by atoms with Gasteiger partial charge in [-0.05, 0) is 36.7 Å². The molecule has 0 bridgehead atoms. The molecule has 4 heteroatoms. The van der Waals surface area contributed by atoms with E-state index in [0.717, 1.165) is 11.1 Å². The van der Waals surface area contributed by atoms with Crippen LogP contribution in [0.4, 0.5) is 0 Å². The van der Waals surface area contributed by atoms with Crippen LogP contribution in [0.15, 0.2) is 54.6 Å². The molecule has 0 aliphatic carbocycles. The van der Waals surface area contributed by atoms with Crippen LogP contribution in [-0.2, 0) is 22.6 Å². The van der Waals surface area contributed by atoms with Crippen LogP contribution in [0, 0.1) is 0 Å². The number of rotatable bonds is 6. The van der Waals surface area contributed by atoms with Gasteiger partial charge in [-0.15, -0.1) is 0 Å². The molecule has 2 N–H and O–H groups in total. The zero-order valence-electron chi connectivity index (χ0n) is 12.0. The van der Waals surface area contributed by atoms with Crippen molar-refractivity contribution < 1.29 is 14.6 Å². The maximum atomic E-state index is 12.1. The fourth-order valence-electron chi connectivity index (χ4n) is 2.00. The standard InChI is InChI=1S/C17H19NO3/c1-18-16(11-13-7-9-15(19)10-8-13)17(20)21-12-14-5-3-2-4-6-14/h2-10,16,18-19H,11-12H2,1H3. The third-order valence-electron chi connectivity index (χ3n) is 3.23. The summed E-state index contributed by atoms with van der Waals surface area (Å²) in [6.45, 7) is 0.271. The van der Waals surface area contributed by atoms with Crippen LogP contribution in [0.1, 0.15) is 11.1 Å². The number of carbonyl (C=O) groups is 1. The van der Waals surface area contributed by atoms with Crippen LogP contribution < -0.4 is 5.32 Å². The lowest BCUT2D eigenvalue weighted by Crippen LogP contribution is -2.37. The van der Waals surface area contributed by atoms with Gasteiger partial charge >= 0.3 is 5.97 Å². The van der Waals surface area contributed by atoms with E-state index >= 15 is 0 Å². The zero-order chi connectivity index (χ0) is 15.1. The van der Waals surface area contributed by atoms with Crippen LogP contribution in [0.3, 0.4) is 0 Å². The summed E-state index contributed by atoms with van der Waals surface area (Å²) >= 11 is 0. The Morgan fingerprint density at radius 1 is 1.10 bits per heavy atom. The summed E-state index contributed by atoms with van der Waals surface area (Å²) in [5, 5.41) is 12.2. The number of aromatic hydroxyl groups is 1.